The molecule has 2 nitrogen and oxygen atoms in total. The van der Waals surface area contributed by atoms with Crippen molar-refractivity contribution in [2.24, 2.45) is 0 Å². The Hall–Kier alpha value is -1.12. The van der Waals surface area contributed by atoms with E-state index in [1.807, 2.05) is 0 Å². The Labute approximate surface area is 58.3 Å². The summed E-state index contributed by atoms with van der Waals surface area (Å²) in [6.45, 7) is 3.11. The Morgan fingerprint density at radius 3 is 2.60 bits per heavy atom. The molecule has 0 aromatic carbocycles. The number of aromatic hydroxyl groups is 1. The zero-order valence-electron chi connectivity index (χ0n) is 5.85. The van der Waals surface area contributed by atoms with Gasteiger partial charge >= 0.3 is 0 Å². The molecule has 0 amide bonds. The molecule has 0 aliphatic heterocycles. The zero-order valence-corrected chi connectivity index (χ0v) is 5.85. The Balaban J connectivity index is 3.28. The lowest BCUT2D eigenvalue weighted by Crippen LogP contribution is -1.90. The standard InChI is InChI=1S/C7H8FNO/c1-4-3-6(10)5(2)9-7(4)8/h3,10H,1-2H3. The summed E-state index contributed by atoms with van der Waals surface area (Å²) in [6.07, 6.45) is 0. The summed E-state index contributed by atoms with van der Waals surface area (Å²) in [7, 11) is 0. The molecule has 1 N–H and O–H groups in total. The molecular formula is C7H8FNO. The maximum atomic E-state index is 12.5. The molecule has 0 unspecified atom stereocenters. The van der Waals surface area contributed by atoms with Gasteiger partial charge in [0, 0.05) is 5.56 Å². The van der Waals surface area contributed by atoms with E-state index in [1.165, 1.54) is 6.07 Å². The number of rotatable bonds is 0. The Morgan fingerprint density at radius 2 is 2.10 bits per heavy atom. The van der Waals surface area contributed by atoms with Gasteiger partial charge in [0.05, 0.1) is 5.69 Å². The second kappa shape index (κ2) is 2.25. The molecule has 0 spiro atoms. The lowest BCUT2D eigenvalue weighted by atomic mass is 10.2. The number of aryl methyl sites for hydroxylation is 2. The molecule has 0 bridgehead atoms. The third-order valence-corrected chi connectivity index (χ3v) is 1.32. The van der Waals surface area contributed by atoms with Crippen molar-refractivity contribution in [2.45, 2.75) is 13.8 Å². The monoisotopic (exact) mass is 141 g/mol. The molecule has 0 saturated carbocycles. The molecule has 1 aromatic heterocycles. The van der Waals surface area contributed by atoms with Crippen molar-refractivity contribution in [1.82, 2.24) is 4.98 Å². The summed E-state index contributed by atoms with van der Waals surface area (Å²) in [4.78, 5) is 3.46. The Kier molecular flexibility index (Phi) is 1.57. The predicted octanol–water partition coefficient (Wildman–Crippen LogP) is 1.54. The van der Waals surface area contributed by atoms with E-state index < -0.39 is 5.95 Å². The van der Waals surface area contributed by atoms with Crippen LogP contribution in [0.2, 0.25) is 0 Å². The SMILES string of the molecule is Cc1cc(O)c(C)nc1F. The van der Waals surface area contributed by atoms with Crippen LogP contribution in [0.5, 0.6) is 5.75 Å². The van der Waals surface area contributed by atoms with E-state index in [0.29, 0.717) is 11.3 Å². The molecule has 0 fully saturated rings. The summed E-state index contributed by atoms with van der Waals surface area (Å²) >= 11 is 0. The first-order chi connectivity index (χ1) is 4.61. The topological polar surface area (TPSA) is 33.1 Å². The maximum Gasteiger partial charge on any atom is 0.216 e. The second-order valence-corrected chi connectivity index (χ2v) is 2.20. The van der Waals surface area contributed by atoms with Gasteiger partial charge in [0.2, 0.25) is 5.95 Å². The van der Waals surface area contributed by atoms with E-state index in [1.54, 1.807) is 13.8 Å². The summed E-state index contributed by atoms with van der Waals surface area (Å²) in [5, 5.41) is 9.00. The fourth-order valence-electron chi connectivity index (χ4n) is 0.662. The smallest absolute Gasteiger partial charge is 0.216 e. The van der Waals surface area contributed by atoms with Gasteiger partial charge in [-0.15, -0.1) is 0 Å². The highest BCUT2D eigenvalue weighted by molar-refractivity contribution is 5.28. The van der Waals surface area contributed by atoms with Crippen LogP contribution in [0.4, 0.5) is 4.39 Å². The fraction of sp³-hybridized carbons (Fsp3) is 0.286. The van der Waals surface area contributed by atoms with Crippen LogP contribution < -0.4 is 0 Å². The highest BCUT2D eigenvalue weighted by Crippen LogP contribution is 2.15. The van der Waals surface area contributed by atoms with Crippen molar-refractivity contribution in [1.29, 1.82) is 0 Å². The first-order valence-electron chi connectivity index (χ1n) is 2.94. The van der Waals surface area contributed by atoms with Crippen molar-refractivity contribution in [3.05, 3.63) is 23.3 Å². The van der Waals surface area contributed by atoms with Gasteiger partial charge in [-0.1, -0.05) is 0 Å². The van der Waals surface area contributed by atoms with Crippen molar-refractivity contribution >= 4 is 0 Å². The second-order valence-electron chi connectivity index (χ2n) is 2.20. The minimum atomic E-state index is -0.518. The van der Waals surface area contributed by atoms with Gasteiger partial charge in [0.15, 0.2) is 0 Å². The van der Waals surface area contributed by atoms with Crippen LogP contribution in [-0.2, 0) is 0 Å². The van der Waals surface area contributed by atoms with Crippen LogP contribution in [-0.4, -0.2) is 10.1 Å². The average molecular weight is 141 g/mol. The molecule has 0 aliphatic rings. The van der Waals surface area contributed by atoms with Gasteiger partial charge in [-0.05, 0) is 19.9 Å². The van der Waals surface area contributed by atoms with Gasteiger partial charge in [-0.2, -0.15) is 4.39 Å². The largest absolute Gasteiger partial charge is 0.506 e. The quantitative estimate of drug-likeness (QED) is 0.556. The Morgan fingerprint density at radius 1 is 1.50 bits per heavy atom. The maximum absolute atomic E-state index is 12.5. The highest BCUT2D eigenvalue weighted by atomic mass is 19.1. The van der Waals surface area contributed by atoms with Crippen molar-refractivity contribution < 1.29 is 9.50 Å². The molecule has 54 valence electrons. The predicted molar refractivity (Wildman–Crippen MR) is 35.3 cm³/mol. The number of hydrogen-bond acceptors (Lipinski definition) is 2. The number of hydrogen-bond donors (Lipinski definition) is 1. The van der Waals surface area contributed by atoms with E-state index in [4.69, 9.17) is 5.11 Å². The third kappa shape index (κ3) is 1.07. The van der Waals surface area contributed by atoms with Crippen LogP contribution in [0.1, 0.15) is 11.3 Å². The van der Waals surface area contributed by atoms with Gasteiger partial charge in [0.1, 0.15) is 5.75 Å². The van der Waals surface area contributed by atoms with Crippen LogP contribution in [0.15, 0.2) is 6.07 Å². The highest BCUT2D eigenvalue weighted by Gasteiger charge is 2.02. The molecule has 10 heavy (non-hydrogen) atoms. The summed E-state index contributed by atoms with van der Waals surface area (Å²) in [6, 6.07) is 1.36. The summed E-state index contributed by atoms with van der Waals surface area (Å²) < 4.78 is 12.5. The van der Waals surface area contributed by atoms with Gasteiger partial charge < -0.3 is 5.11 Å². The summed E-state index contributed by atoms with van der Waals surface area (Å²) in [5.74, 6) is -0.478. The molecule has 0 radical (unpaired) electrons. The zero-order chi connectivity index (χ0) is 7.72. The van der Waals surface area contributed by atoms with E-state index >= 15 is 0 Å². The van der Waals surface area contributed by atoms with Gasteiger partial charge in [-0.3, -0.25) is 0 Å². The molecule has 1 heterocycles. The molecular weight excluding hydrogens is 133 g/mol. The first-order valence-corrected chi connectivity index (χ1v) is 2.94. The third-order valence-electron chi connectivity index (χ3n) is 1.32. The Bertz CT molecular complexity index is 210. The van der Waals surface area contributed by atoms with Crippen molar-refractivity contribution in [2.75, 3.05) is 0 Å². The van der Waals surface area contributed by atoms with Gasteiger partial charge in [-0.25, -0.2) is 4.98 Å². The number of nitrogens with zero attached hydrogens (tertiary/aromatic N) is 1. The minimum Gasteiger partial charge on any atom is -0.506 e. The molecule has 1 rings (SSSR count). The van der Waals surface area contributed by atoms with Crippen LogP contribution in [0, 0.1) is 19.8 Å². The van der Waals surface area contributed by atoms with E-state index in [9.17, 15) is 4.39 Å². The number of halogens is 1. The lowest BCUT2D eigenvalue weighted by molar-refractivity contribution is 0.459. The average Bonchev–Trinajstić information content (AvgIpc) is 1.84. The lowest BCUT2D eigenvalue weighted by Gasteiger charge is -1.98. The summed E-state index contributed by atoms with van der Waals surface area (Å²) in [5.41, 5.74) is 0.686. The number of pyridine rings is 1. The van der Waals surface area contributed by atoms with Crippen molar-refractivity contribution in [3.63, 3.8) is 0 Å². The van der Waals surface area contributed by atoms with Crippen LogP contribution >= 0.6 is 0 Å². The van der Waals surface area contributed by atoms with E-state index in [2.05, 4.69) is 4.98 Å². The van der Waals surface area contributed by atoms with Gasteiger partial charge in [0.25, 0.3) is 0 Å². The molecule has 0 saturated heterocycles. The van der Waals surface area contributed by atoms with Crippen LogP contribution in [0.25, 0.3) is 0 Å². The molecule has 1 aromatic rings. The van der Waals surface area contributed by atoms with Crippen LogP contribution in [0.3, 0.4) is 0 Å². The first kappa shape index (κ1) is 6.99. The minimum absolute atomic E-state index is 0.0406. The fourth-order valence-corrected chi connectivity index (χ4v) is 0.662. The normalized spacial score (nSPS) is 9.90. The molecule has 3 heteroatoms. The number of aromatic nitrogens is 1. The molecule has 0 atom stereocenters. The van der Waals surface area contributed by atoms with E-state index in [0.717, 1.165) is 0 Å². The van der Waals surface area contributed by atoms with E-state index in [-0.39, 0.29) is 5.75 Å². The molecule has 0 aliphatic carbocycles. The van der Waals surface area contributed by atoms with Crippen molar-refractivity contribution in [3.8, 4) is 5.75 Å².